The molecule has 35 heavy (non-hydrogen) atoms. The van der Waals surface area contributed by atoms with Gasteiger partial charge >= 0.3 is 18.5 Å². The van der Waals surface area contributed by atoms with Crippen molar-refractivity contribution in [1.82, 2.24) is 14.6 Å². The van der Waals surface area contributed by atoms with E-state index < -0.39 is 18.5 Å². The van der Waals surface area contributed by atoms with Crippen molar-refractivity contribution in [2.45, 2.75) is 45.8 Å². The third-order valence-electron chi connectivity index (χ3n) is 4.31. The quantitative estimate of drug-likeness (QED) is 0.409. The van der Waals surface area contributed by atoms with Gasteiger partial charge in [0.2, 0.25) is 0 Å². The molecule has 0 amide bonds. The van der Waals surface area contributed by atoms with Crippen molar-refractivity contribution in [2.24, 2.45) is 5.41 Å². The molecule has 0 aliphatic carbocycles. The Kier molecular flexibility index (Phi) is 11.5. The number of carbonyl (C=O) groups is 3. The number of anilines is 1. The van der Waals surface area contributed by atoms with Crippen molar-refractivity contribution >= 4 is 29.8 Å². The zero-order valence-corrected chi connectivity index (χ0v) is 20.3. The van der Waals surface area contributed by atoms with Crippen LogP contribution in [0.5, 0.6) is 0 Å². The van der Waals surface area contributed by atoms with Gasteiger partial charge < -0.3 is 39.6 Å². The first-order valence-corrected chi connectivity index (χ1v) is 10.4. The van der Waals surface area contributed by atoms with E-state index in [2.05, 4.69) is 19.6 Å². The van der Waals surface area contributed by atoms with Gasteiger partial charge in [0.15, 0.2) is 5.82 Å². The SMILES string of the molecule is CC(C)(C)COC(=O)OCC1CCC(c2ccc3c(N)ncnn23)O1.COC(=O)O.COC(=O)O. The number of fused-ring (bicyclic) bond motifs is 1. The molecule has 14 heteroatoms. The zero-order valence-electron chi connectivity index (χ0n) is 20.3. The molecule has 1 saturated heterocycles. The molecule has 0 aromatic carbocycles. The monoisotopic (exact) mass is 500 g/mol. The Bertz CT molecular complexity index is 959. The maximum atomic E-state index is 11.6. The molecule has 14 nitrogen and oxygen atoms in total. The third-order valence-corrected chi connectivity index (χ3v) is 4.31. The molecule has 3 heterocycles. The zero-order chi connectivity index (χ0) is 26.6. The van der Waals surface area contributed by atoms with Crippen LogP contribution in [0.1, 0.15) is 45.4 Å². The average molecular weight is 501 g/mol. The molecule has 0 spiro atoms. The summed E-state index contributed by atoms with van der Waals surface area (Å²) < 4.78 is 25.3. The predicted octanol–water partition coefficient (Wildman–Crippen LogP) is 3.35. The molecule has 0 radical (unpaired) electrons. The molecular formula is C21H32N4O10. The van der Waals surface area contributed by atoms with Crippen LogP contribution in [0.2, 0.25) is 0 Å². The number of nitrogens with two attached hydrogens (primary N) is 1. The fourth-order valence-electron chi connectivity index (χ4n) is 2.74. The van der Waals surface area contributed by atoms with Gasteiger partial charge in [0.25, 0.3) is 0 Å². The van der Waals surface area contributed by atoms with Gasteiger partial charge in [0, 0.05) is 0 Å². The lowest BCUT2D eigenvalue weighted by atomic mass is 9.99. The third kappa shape index (κ3) is 10.8. The van der Waals surface area contributed by atoms with Crippen LogP contribution < -0.4 is 5.73 Å². The molecule has 0 saturated carbocycles. The number of aromatic nitrogens is 3. The summed E-state index contributed by atoms with van der Waals surface area (Å²) in [6.45, 7) is 6.46. The van der Waals surface area contributed by atoms with Gasteiger partial charge in [-0.05, 0) is 30.4 Å². The van der Waals surface area contributed by atoms with Crippen molar-refractivity contribution < 1.29 is 48.3 Å². The highest BCUT2D eigenvalue weighted by atomic mass is 16.7. The lowest BCUT2D eigenvalue weighted by Gasteiger charge is -2.18. The first kappa shape index (κ1) is 29.2. The molecule has 2 unspecified atom stereocenters. The maximum Gasteiger partial charge on any atom is 0.508 e. The predicted molar refractivity (Wildman–Crippen MR) is 121 cm³/mol. The van der Waals surface area contributed by atoms with Crippen molar-refractivity contribution in [3.63, 3.8) is 0 Å². The van der Waals surface area contributed by atoms with Crippen LogP contribution >= 0.6 is 0 Å². The molecule has 3 rings (SSSR count). The van der Waals surface area contributed by atoms with Crippen molar-refractivity contribution in [3.8, 4) is 0 Å². The summed E-state index contributed by atoms with van der Waals surface area (Å²) in [5, 5.41) is 19.2. The Morgan fingerprint density at radius 2 is 1.71 bits per heavy atom. The van der Waals surface area contributed by atoms with Crippen molar-refractivity contribution in [1.29, 1.82) is 0 Å². The largest absolute Gasteiger partial charge is 0.508 e. The minimum Gasteiger partial charge on any atom is -0.450 e. The van der Waals surface area contributed by atoms with E-state index >= 15 is 0 Å². The van der Waals surface area contributed by atoms with Gasteiger partial charge in [-0.1, -0.05) is 20.8 Å². The maximum absolute atomic E-state index is 11.6. The van der Waals surface area contributed by atoms with Gasteiger partial charge in [-0.25, -0.2) is 23.9 Å². The second kappa shape index (κ2) is 13.8. The number of methoxy groups -OCH3 is 2. The summed E-state index contributed by atoms with van der Waals surface area (Å²) in [5.74, 6) is 0.431. The van der Waals surface area contributed by atoms with Gasteiger partial charge in [0.1, 0.15) is 24.6 Å². The summed E-state index contributed by atoms with van der Waals surface area (Å²) >= 11 is 0. The Balaban J connectivity index is 0.000000519. The highest BCUT2D eigenvalue weighted by molar-refractivity contribution is 5.65. The molecule has 2 aromatic heterocycles. The summed E-state index contributed by atoms with van der Waals surface area (Å²) in [5.41, 5.74) is 7.44. The van der Waals surface area contributed by atoms with Crippen LogP contribution in [0.4, 0.5) is 20.2 Å². The van der Waals surface area contributed by atoms with Crippen molar-refractivity contribution in [2.75, 3.05) is 33.2 Å². The molecule has 196 valence electrons. The lowest BCUT2D eigenvalue weighted by molar-refractivity contribution is -0.0230. The van der Waals surface area contributed by atoms with E-state index in [1.54, 1.807) is 4.52 Å². The average Bonchev–Trinajstić information content (AvgIpc) is 3.44. The summed E-state index contributed by atoms with van der Waals surface area (Å²) in [6, 6.07) is 3.81. The second-order valence-corrected chi connectivity index (χ2v) is 8.38. The Morgan fingerprint density at radius 3 is 2.26 bits per heavy atom. The summed E-state index contributed by atoms with van der Waals surface area (Å²) in [7, 11) is 2.20. The first-order valence-electron chi connectivity index (χ1n) is 10.4. The molecule has 2 atom stereocenters. The molecule has 1 aliphatic heterocycles. The van der Waals surface area contributed by atoms with E-state index in [0.29, 0.717) is 12.4 Å². The highest BCUT2D eigenvalue weighted by Crippen LogP contribution is 2.34. The number of carboxylic acid groups (broad SMARTS) is 2. The number of hydrogen-bond donors (Lipinski definition) is 3. The van der Waals surface area contributed by atoms with E-state index in [9.17, 15) is 4.79 Å². The Morgan fingerprint density at radius 1 is 1.11 bits per heavy atom. The summed E-state index contributed by atoms with van der Waals surface area (Å²) in [6.07, 6.45) is -0.378. The number of hydrogen-bond acceptors (Lipinski definition) is 11. The fraction of sp³-hybridized carbons (Fsp3) is 0.571. The van der Waals surface area contributed by atoms with Gasteiger partial charge in [0.05, 0.1) is 32.6 Å². The van der Waals surface area contributed by atoms with E-state index in [4.69, 9.17) is 39.7 Å². The smallest absolute Gasteiger partial charge is 0.450 e. The number of rotatable bonds is 4. The van der Waals surface area contributed by atoms with Crippen LogP contribution in [0.25, 0.3) is 5.52 Å². The van der Waals surface area contributed by atoms with Crippen LogP contribution in [-0.4, -0.2) is 76.8 Å². The molecule has 1 aliphatic rings. The molecule has 4 N–H and O–H groups in total. The molecule has 0 bridgehead atoms. The number of nitrogens with zero attached hydrogens (tertiary/aromatic N) is 3. The van der Waals surface area contributed by atoms with E-state index in [0.717, 1.165) is 38.3 Å². The van der Waals surface area contributed by atoms with Crippen LogP contribution in [0.3, 0.4) is 0 Å². The first-order chi connectivity index (χ1) is 16.4. The lowest BCUT2D eigenvalue weighted by Crippen LogP contribution is -2.22. The van der Waals surface area contributed by atoms with E-state index in [-0.39, 0.29) is 24.2 Å². The standard InChI is InChI=1S/C17H24N4O4.2C2H4O3/c1-17(2,3)9-24-16(22)23-8-11-4-7-14(25-11)12-5-6-13-15(18)19-10-20-21(12)13;2*1-5-2(3)4/h5-6,10-11,14H,4,7-9H2,1-3H3,(H2,18,19,20);2*1H3,(H,3,4). The van der Waals surface area contributed by atoms with Gasteiger partial charge in [-0.2, -0.15) is 5.10 Å². The summed E-state index contributed by atoms with van der Waals surface area (Å²) in [4.78, 5) is 33.9. The van der Waals surface area contributed by atoms with Crippen LogP contribution in [-0.2, 0) is 23.7 Å². The molecular weight excluding hydrogens is 468 g/mol. The molecule has 1 fully saturated rings. The highest BCUT2D eigenvalue weighted by Gasteiger charge is 2.30. The van der Waals surface area contributed by atoms with E-state index in [1.165, 1.54) is 6.33 Å². The molecule has 2 aromatic rings. The number of ether oxygens (including phenoxy) is 5. The minimum absolute atomic E-state index is 0.0895. The van der Waals surface area contributed by atoms with Crippen molar-refractivity contribution in [3.05, 3.63) is 24.2 Å². The van der Waals surface area contributed by atoms with Crippen LogP contribution in [0, 0.1) is 5.41 Å². The fourth-order valence-corrected chi connectivity index (χ4v) is 2.74. The Labute approximate surface area is 201 Å². The van der Waals surface area contributed by atoms with E-state index in [1.807, 2.05) is 32.9 Å². The number of nitrogen functional groups attached to an aromatic ring is 1. The van der Waals surface area contributed by atoms with Gasteiger partial charge in [-0.15, -0.1) is 0 Å². The number of carbonyl (C=O) groups excluding carboxylic acids is 1. The second-order valence-electron chi connectivity index (χ2n) is 8.38. The Hall–Kier alpha value is -3.81. The van der Waals surface area contributed by atoms with Crippen LogP contribution in [0.15, 0.2) is 18.5 Å². The van der Waals surface area contributed by atoms with Gasteiger partial charge in [-0.3, -0.25) is 0 Å². The normalized spacial score (nSPS) is 16.7. The minimum atomic E-state index is -1.25. The topological polar surface area (TPSA) is 194 Å².